The van der Waals surface area contributed by atoms with E-state index in [0.29, 0.717) is 10.2 Å². The lowest BCUT2D eigenvalue weighted by molar-refractivity contribution is -0.153. The standard InChI is InChI=1S/C15H13BrF3NO4S/c1-23-13-7-6-10(8-11(13)16)25(21,22)20-12-4-2-3-5-14(12)24-9-15(17,18)19/h2-8,20H,9H2,1H3. The summed E-state index contributed by atoms with van der Waals surface area (Å²) in [6.45, 7) is -1.53. The lowest BCUT2D eigenvalue weighted by Gasteiger charge is -2.15. The molecule has 136 valence electrons. The molecule has 0 aromatic heterocycles. The second-order valence-corrected chi connectivity index (χ2v) is 7.34. The summed E-state index contributed by atoms with van der Waals surface area (Å²) in [4.78, 5) is -0.0919. The first-order valence-corrected chi connectivity index (χ1v) is 9.05. The molecule has 0 saturated heterocycles. The molecule has 0 atom stereocenters. The molecule has 0 aliphatic heterocycles. The van der Waals surface area contributed by atoms with Gasteiger partial charge in [0.25, 0.3) is 10.0 Å². The monoisotopic (exact) mass is 439 g/mol. The first-order chi connectivity index (χ1) is 11.6. The molecule has 0 fully saturated rings. The van der Waals surface area contributed by atoms with Crippen LogP contribution in [0.5, 0.6) is 11.5 Å². The summed E-state index contributed by atoms with van der Waals surface area (Å²) >= 11 is 3.18. The molecule has 0 aliphatic rings. The number of rotatable bonds is 6. The van der Waals surface area contributed by atoms with Gasteiger partial charge in [0.15, 0.2) is 6.61 Å². The quantitative estimate of drug-likeness (QED) is 0.732. The van der Waals surface area contributed by atoms with Crippen molar-refractivity contribution >= 4 is 31.6 Å². The zero-order valence-corrected chi connectivity index (χ0v) is 15.2. The molecule has 0 aliphatic carbocycles. The number of nitrogens with one attached hydrogen (secondary N) is 1. The second-order valence-electron chi connectivity index (χ2n) is 4.80. The van der Waals surface area contributed by atoms with Crippen LogP contribution in [-0.2, 0) is 10.0 Å². The van der Waals surface area contributed by atoms with Gasteiger partial charge >= 0.3 is 6.18 Å². The number of halogens is 4. The molecule has 25 heavy (non-hydrogen) atoms. The van der Waals surface area contributed by atoms with E-state index < -0.39 is 22.8 Å². The van der Waals surface area contributed by atoms with E-state index >= 15 is 0 Å². The fourth-order valence-electron chi connectivity index (χ4n) is 1.85. The number of benzene rings is 2. The van der Waals surface area contributed by atoms with Crippen molar-refractivity contribution in [3.8, 4) is 11.5 Å². The Balaban J connectivity index is 2.28. The number of ether oxygens (including phenoxy) is 2. The largest absolute Gasteiger partial charge is 0.496 e. The molecule has 5 nitrogen and oxygen atoms in total. The van der Waals surface area contributed by atoms with Gasteiger partial charge in [0.05, 0.1) is 22.2 Å². The van der Waals surface area contributed by atoms with Crippen LogP contribution in [0.15, 0.2) is 51.8 Å². The Labute approximate surface area is 150 Å². The Bertz CT molecular complexity index is 856. The maximum absolute atomic E-state index is 12.5. The Morgan fingerprint density at radius 1 is 1.12 bits per heavy atom. The molecule has 0 amide bonds. The molecule has 2 aromatic carbocycles. The number of hydrogen-bond donors (Lipinski definition) is 1. The zero-order chi connectivity index (χ0) is 18.7. The summed E-state index contributed by atoms with van der Waals surface area (Å²) in [5.74, 6) is 0.212. The van der Waals surface area contributed by atoms with Gasteiger partial charge in [-0.25, -0.2) is 8.42 Å². The highest BCUT2D eigenvalue weighted by Crippen LogP contribution is 2.31. The minimum atomic E-state index is -4.53. The predicted molar refractivity (Wildman–Crippen MR) is 89.5 cm³/mol. The third-order valence-electron chi connectivity index (χ3n) is 2.96. The van der Waals surface area contributed by atoms with E-state index in [1.807, 2.05) is 0 Å². The van der Waals surface area contributed by atoms with Crippen molar-refractivity contribution in [2.75, 3.05) is 18.4 Å². The van der Waals surface area contributed by atoms with Gasteiger partial charge in [-0.3, -0.25) is 4.72 Å². The van der Waals surface area contributed by atoms with Gasteiger partial charge in [0.1, 0.15) is 11.5 Å². The molecule has 2 aromatic rings. The zero-order valence-electron chi connectivity index (χ0n) is 12.8. The summed E-state index contributed by atoms with van der Waals surface area (Å²) in [7, 11) is -2.60. The van der Waals surface area contributed by atoms with Crippen LogP contribution in [0.2, 0.25) is 0 Å². The molecule has 2 rings (SSSR count). The van der Waals surface area contributed by atoms with Crippen molar-refractivity contribution in [3.05, 3.63) is 46.9 Å². The maximum atomic E-state index is 12.5. The third kappa shape index (κ3) is 5.27. The van der Waals surface area contributed by atoms with Gasteiger partial charge < -0.3 is 9.47 Å². The molecule has 0 heterocycles. The van der Waals surface area contributed by atoms with E-state index in [9.17, 15) is 21.6 Å². The molecule has 1 N–H and O–H groups in total. The van der Waals surface area contributed by atoms with Crippen molar-refractivity contribution in [2.45, 2.75) is 11.1 Å². The summed E-state index contributed by atoms with van der Waals surface area (Å²) in [6, 6.07) is 9.54. The second kappa shape index (κ2) is 7.52. The van der Waals surface area contributed by atoms with Gasteiger partial charge in [-0.2, -0.15) is 13.2 Å². The molecule has 0 unspecified atom stereocenters. The minimum absolute atomic E-state index is 0.0919. The van der Waals surface area contributed by atoms with Crippen LogP contribution in [0.1, 0.15) is 0 Å². The fourth-order valence-corrected chi connectivity index (χ4v) is 3.64. The highest BCUT2D eigenvalue weighted by atomic mass is 79.9. The van der Waals surface area contributed by atoms with Crippen molar-refractivity contribution < 1.29 is 31.1 Å². The number of para-hydroxylation sites is 2. The Morgan fingerprint density at radius 2 is 1.80 bits per heavy atom. The van der Waals surface area contributed by atoms with Crippen LogP contribution in [0.4, 0.5) is 18.9 Å². The van der Waals surface area contributed by atoms with E-state index in [4.69, 9.17) is 4.74 Å². The minimum Gasteiger partial charge on any atom is -0.496 e. The van der Waals surface area contributed by atoms with Gasteiger partial charge in [0, 0.05) is 0 Å². The van der Waals surface area contributed by atoms with E-state index in [-0.39, 0.29) is 16.3 Å². The van der Waals surface area contributed by atoms with E-state index in [1.165, 1.54) is 49.6 Å². The fraction of sp³-hybridized carbons (Fsp3) is 0.200. The van der Waals surface area contributed by atoms with Gasteiger partial charge in [-0.05, 0) is 46.3 Å². The highest BCUT2D eigenvalue weighted by Gasteiger charge is 2.29. The normalized spacial score (nSPS) is 11.9. The number of alkyl halides is 3. The van der Waals surface area contributed by atoms with Crippen molar-refractivity contribution in [3.63, 3.8) is 0 Å². The van der Waals surface area contributed by atoms with Crippen LogP contribution in [-0.4, -0.2) is 28.3 Å². The SMILES string of the molecule is COc1ccc(S(=O)(=O)Nc2ccccc2OCC(F)(F)F)cc1Br. The van der Waals surface area contributed by atoms with E-state index in [0.717, 1.165) is 0 Å². The first kappa shape index (κ1) is 19.4. The van der Waals surface area contributed by atoms with Crippen LogP contribution in [0.25, 0.3) is 0 Å². The number of sulfonamides is 1. The average Bonchev–Trinajstić information content (AvgIpc) is 2.53. The van der Waals surface area contributed by atoms with E-state index in [1.54, 1.807) is 0 Å². The van der Waals surface area contributed by atoms with E-state index in [2.05, 4.69) is 25.4 Å². The Morgan fingerprint density at radius 3 is 2.40 bits per heavy atom. The molecule has 0 saturated carbocycles. The van der Waals surface area contributed by atoms with Gasteiger partial charge in [-0.15, -0.1) is 0 Å². The topological polar surface area (TPSA) is 64.6 Å². The van der Waals surface area contributed by atoms with Crippen LogP contribution >= 0.6 is 15.9 Å². The number of hydrogen-bond acceptors (Lipinski definition) is 4. The third-order valence-corrected chi connectivity index (χ3v) is 4.94. The van der Waals surface area contributed by atoms with Crippen molar-refractivity contribution in [2.24, 2.45) is 0 Å². The molecular formula is C15H13BrF3NO4S. The maximum Gasteiger partial charge on any atom is 0.422 e. The van der Waals surface area contributed by atoms with Gasteiger partial charge in [0.2, 0.25) is 0 Å². The lowest BCUT2D eigenvalue weighted by Crippen LogP contribution is -2.20. The first-order valence-electron chi connectivity index (χ1n) is 6.77. The molecule has 10 heteroatoms. The molecule has 0 spiro atoms. The number of methoxy groups -OCH3 is 1. The predicted octanol–water partition coefficient (Wildman–Crippen LogP) is 4.20. The van der Waals surface area contributed by atoms with Crippen molar-refractivity contribution in [1.82, 2.24) is 0 Å². The Kier molecular flexibility index (Phi) is 5.83. The highest BCUT2D eigenvalue weighted by molar-refractivity contribution is 9.10. The Hall–Kier alpha value is -1.94. The number of anilines is 1. The average molecular weight is 440 g/mol. The van der Waals surface area contributed by atoms with Gasteiger partial charge in [-0.1, -0.05) is 12.1 Å². The molecule has 0 bridgehead atoms. The van der Waals surface area contributed by atoms with Crippen LogP contribution in [0.3, 0.4) is 0 Å². The smallest absolute Gasteiger partial charge is 0.422 e. The van der Waals surface area contributed by atoms with Crippen LogP contribution in [0, 0.1) is 0 Å². The molecule has 0 radical (unpaired) electrons. The van der Waals surface area contributed by atoms with Crippen molar-refractivity contribution in [1.29, 1.82) is 0 Å². The lowest BCUT2D eigenvalue weighted by atomic mass is 10.3. The van der Waals surface area contributed by atoms with Crippen LogP contribution < -0.4 is 14.2 Å². The summed E-state index contributed by atoms with van der Waals surface area (Å²) in [5, 5.41) is 0. The summed E-state index contributed by atoms with van der Waals surface area (Å²) in [5.41, 5.74) is -0.0984. The molecular weight excluding hydrogens is 427 g/mol. The summed E-state index contributed by atoms with van der Waals surface area (Å²) < 4.78 is 74.2. The summed E-state index contributed by atoms with van der Waals surface area (Å²) in [6.07, 6.45) is -4.53.